The molecule has 0 aliphatic carbocycles. The molecule has 0 bridgehead atoms. The second-order valence-corrected chi connectivity index (χ2v) is 6.56. The number of hydrogen-bond acceptors (Lipinski definition) is 3. The summed E-state index contributed by atoms with van der Waals surface area (Å²) in [4.78, 5) is 29.1. The molecule has 22 heavy (non-hydrogen) atoms. The molecule has 1 aromatic carbocycles. The van der Waals surface area contributed by atoms with Gasteiger partial charge in [-0.2, -0.15) is 0 Å². The van der Waals surface area contributed by atoms with E-state index in [4.69, 9.17) is 0 Å². The van der Waals surface area contributed by atoms with Crippen molar-refractivity contribution in [2.75, 3.05) is 22.9 Å². The Kier molecular flexibility index (Phi) is 3.98. The third kappa shape index (κ3) is 2.64. The number of para-hydroxylation sites is 2. The van der Waals surface area contributed by atoms with Crippen LogP contribution in [0.5, 0.6) is 0 Å². The molecule has 3 rings (SSSR count). The average Bonchev–Trinajstić information content (AvgIpc) is 2.99. The van der Waals surface area contributed by atoms with E-state index in [-0.39, 0.29) is 17.7 Å². The molecule has 1 aromatic heterocycles. The Morgan fingerprint density at radius 2 is 1.68 bits per heavy atom. The third-order valence-corrected chi connectivity index (χ3v) is 4.67. The highest BCUT2D eigenvalue weighted by Crippen LogP contribution is 2.34. The highest BCUT2D eigenvalue weighted by Gasteiger charge is 2.30. The fourth-order valence-corrected chi connectivity index (χ4v) is 3.49. The first kappa shape index (κ1) is 14.8. The van der Waals surface area contributed by atoms with E-state index in [0.717, 1.165) is 16.3 Å². The molecule has 1 aliphatic rings. The maximum absolute atomic E-state index is 12.8. The lowest BCUT2D eigenvalue weighted by molar-refractivity contribution is -0.116. The first-order valence-corrected chi connectivity index (χ1v) is 8.18. The van der Waals surface area contributed by atoms with Crippen LogP contribution in [0.1, 0.15) is 23.5 Å². The molecule has 114 valence electrons. The van der Waals surface area contributed by atoms with Crippen molar-refractivity contribution in [1.29, 1.82) is 0 Å². The number of fused-ring (bicyclic) bond motifs is 1. The van der Waals surface area contributed by atoms with Crippen LogP contribution in [-0.2, 0) is 4.79 Å². The van der Waals surface area contributed by atoms with Crippen molar-refractivity contribution in [2.24, 2.45) is 5.92 Å². The monoisotopic (exact) mass is 314 g/mol. The minimum absolute atomic E-state index is 0.000276. The minimum atomic E-state index is -0.000276. The summed E-state index contributed by atoms with van der Waals surface area (Å²) in [6.07, 6.45) is 0. The van der Waals surface area contributed by atoms with Crippen LogP contribution < -0.4 is 9.80 Å². The van der Waals surface area contributed by atoms with E-state index in [2.05, 4.69) is 6.92 Å². The normalized spacial score (nSPS) is 17.8. The van der Waals surface area contributed by atoms with Gasteiger partial charge in [0.05, 0.1) is 16.3 Å². The van der Waals surface area contributed by atoms with Crippen LogP contribution in [0.25, 0.3) is 0 Å². The second-order valence-electron chi connectivity index (χ2n) is 5.62. The van der Waals surface area contributed by atoms with Crippen LogP contribution in [0.15, 0.2) is 41.8 Å². The number of thiophene rings is 1. The van der Waals surface area contributed by atoms with E-state index in [1.54, 1.807) is 16.7 Å². The maximum Gasteiger partial charge on any atom is 0.268 e. The van der Waals surface area contributed by atoms with E-state index >= 15 is 0 Å². The quantitative estimate of drug-likeness (QED) is 0.809. The topological polar surface area (TPSA) is 40.6 Å². The molecule has 2 heterocycles. The molecule has 0 N–H and O–H groups in total. The molecule has 0 fully saturated rings. The van der Waals surface area contributed by atoms with Gasteiger partial charge >= 0.3 is 0 Å². The highest BCUT2D eigenvalue weighted by atomic mass is 32.1. The van der Waals surface area contributed by atoms with Crippen LogP contribution in [0, 0.1) is 5.92 Å². The van der Waals surface area contributed by atoms with Crippen molar-refractivity contribution in [3.63, 3.8) is 0 Å². The Labute approximate surface area is 134 Å². The Hall–Kier alpha value is -2.14. The Morgan fingerprint density at radius 1 is 1.05 bits per heavy atom. The molecular formula is C17H18N2O2S. The van der Waals surface area contributed by atoms with E-state index < -0.39 is 0 Å². The van der Waals surface area contributed by atoms with Gasteiger partial charge in [-0.05, 0) is 29.5 Å². The highest BCUT2D eigenvalue weighted by molar-refractivity contribution is 7.12. The molecule has 5 heteroatoms. The zero-order chi connectivity index (χ0) is 15.7. The summed E-state index contributed by atoms with van der Waals surface area (Å²) in [5.41, 5.74) is 1.62. The van der Waals surface area contributed by atoms with Crippen molar-refractivity contribution in [3.05, 3.63) is 46.7 Å². The number of rotatable bonds is 1. The van der Waals surface area contributed by atoms with Crippen LogP contribution >= 0.6 is 11.3 Å². The van der Waals surface area contributed by atoms with Crippen LogP contribution in [0.3, 0.4) is 0 Å². The van der Waals surface area contributed by atoms with E-state index in [9.17, 15) is 9.59 Å². The molecule has 2 amide bonds. The number of carbonyl (C=O) groups is 2. The van der Waals surface area contributed by atoms with Crippen molar-refractivity contribution in [1.82, 2.24) is 0 Å². The summed E-state index contributed by atoms with van der Waals surface area (Å²) >= 11 is 1.44. The lowest BCUT2D eigenvalue weighted by Gasteiger charge is -2.24. The summed E-state index contributed by atoms with van der Waals surface area (Å²) in [6.45, 7) is 4.87. The lowest BCUT2D eigenvalue weighted by Crippen LogP contribution is -2.35. The SMILES string of the molecule is CC(=O)N1C[C@@H](C)CN(C(=O)c2cccs2)c2ccccc21. The predicted molar refractivity (Wildman–Crippen MR) is 89.6 cm³/mol. The number of carbonyl (C=O) groups excluding carboxylic acids is 2. The molecule has 1 aliphatic heterocycles. The molecule has 0 spiro atoms. The summed E-state index contributed by atoms with van der Waals surface area (Å²) in [7, 11) is 0. The number of benzene rings is 1. The van der Waals surface area contributed by atoms with E-state index in [0.29, 0.717) is 13.1 Å². The van der Waals surface area contributed by atoms with E-state index in [1.165, 1.54) is 11.3 Å². The molecule has 1 atom stereocenters. The molecule has 0 radical (unpaired) electrons. The van der Waals surface area contributed by atoms with Crippen LogP contribution in [-0.4, -0.2) is 24.9 Å². The molecule has 0 saturated carbocycles. The molecule has 0 unspecified atom stereocenters. The fraction of sp³-hybridized carbons (Fsp3) is 0.294. The predicted octanol–water partition coefficient (Wildman–Crippen LogP) is 3.40. The fourth-order valence-electron chi connectivity index (χ4n) is 2.82. The standard InChI is InChI=1S/C17H18N2O2S/c1-12-10-18(13(2)20)14-6-3-4-7-15(14)19(11-12)17(21)16-8-5-9-22-16/h3-9,12H,10-11H2,1-2H3/t12-/m1/s1. The largest absolute Gasteiger partial charge is 0.310 e. The number of hydrogen-bond donors (Lipinski definition) is 0. The minimum Gasteiger partial charge on any atom is -0.310 e. The smallest absolute Gasteiger partial charge is 0.268 e. The number of anilines is 2. The third-order valence-electron chi connectivity index (χ3n) is 3.81. The first-order chi connectivity index (χ1) is 10.6. The summed E-state index contributed by atoms with van der Waals surface area (Å²) in [6, 6.07) is 11.3. The van der Waals surface area contributed by atoms with Gasteiger partial charge in [0.1, 0.15) is 0 Å². The van der Waals surface area contributed by atoms with Gasteiger partial charge in [0.15, 0.2) is 0 Å². The van der Waals surface area contributed by atoms with Crippen molar-refractivity contribution in [2.45, 2.75) is 13.8 Å². The van der Waals surface area contributed by atoms with Gasteiger partial charge in [-0.15, -0.1) is 11.3 Å². The zero-order valence-electron chi connectivity index (χ0n) is 12.7. The summed E-state index contributed by atoms with van der Waals surface area (Å²) in [5.74, 6) is 0.213. The van der Waals surface area contributed by atoms with Gasteiger partial charge in [0, 0.05) is 20.0 Å². The Balaban J connectivity index is 2.08. The van der Waals surface area contributed by atoms with Crippen LogP contribution in [0.4, 0.5) is 11.4 Å². The molecule has 4 nitrogen and oxygen atoms in total. The summed E-state index contributed by atoms with van der Waals surface area (Å²) < 4.78 is 0. The average molecular weight is 314 g/mol. The van der Waals surface area contributed by atoms with Gasteiger partial charge in [-0.25, -0.2) is 0 Å². The van der Waals surface area contributed by atoms with Gasteiger partial charge in [0.2, 0.25) is 5.91 Å². The van der Waals surface area contributed by atoms with E-state index in [1.807, 2.05) is 41.8 Å². The van der Waals surface area contributed by atoms with Gasteiger partial charge < -0.3 is 9.80 Å². The molecule has 0 saturated heterocycles. The Bertz CT molecular complexity index is 696. The second kappa shape index (κ2) is 5.93. The molecule has 2 aromatic rings. The number of amides is 2. The van der Waals surface area contributed by atoms with Gasteiger partial charge in [0.25, 0.3) is 5.91 Å². The number of nitrogens with zero attached hydrogens (tertiary/aromatic N) is 2. The van der Waals surface area contributed by atoms with Gasteiger partial charge in [-0.3, -0.25) is 9.59 Å². The van der Waals surface area contributed by atoms with Crippen molar-refractivity contribution in [3.8, 4) is 0 Å². The molecular weight excluding hydrogens is 296 g/mol. The Morgan fingerprint density at radius 3 is 2.27 bits per heavy atom. The zero-order valence-corrected chi connectivity index (χ0v) is 13.5. The summed E-state index contributed by atoms with van der Waals surface area (Å²) in [5, 5.41) is 1.91. The van der Waals surface area contributed by atoms with Gasteiger partial charge in [-0.1, -0.05) is 25.1 Å². The maximum atomic E-state index is 12.8. The van der Waals surface area contributed by atoms with Crippen molar-refractivity contribution < 1.29 is 9.59 Å². The first-order valence-electron chi connectivity index (χ1n) is 7.30. The van der Waals surface area contributed by atoms with Crippen LogP contribution in [0.2, 0.25) is 0 Å². The lowest BCUT2D eigenvalue weighted by atomic mass is 10.1. The van der Waals surface area contributed by atoms with Crippen molar-refractivity contribution >= 4 is 34.5 Å².